The average Bonchev–Trinajstić information content (AvgIpc) is 2.76. The number of hydrogen-bond acceptors (Lipinski definition) is 5. The zero-order chi connectivity index (χ0) is 13.2. The first-order valence-electron chi connectivity index (χ1n) is 6.66. The van der Waals surface area contributed by atoms with Crippen LogP contribution in [0.2, 0.25) is 0 Å². The first-order chi connectivity index (χ1) is 9.29. The molecule has 0 bridgehead atoms. The van der Waals surface area contributed by atoms with Gasteiger partial charge in [0, 0.05) is 0 Å². The normalized spacial score (nSPS) is 15.0. The highest BCUT2D eigenvalue weighted by Gasteiger charge is 2.20. The van der Waals surface area contributed by atoms with E-state index < -0.39 is 0 Å². The van der Waals surface area contributed by atoms with Crippen molar-refractivity contribution in [1.82, 2.24) is 10.1 Å². The second-order valence-corrected chi connectivity index (χ2v) is 4.87. The summed E-state index contributed by atoms with van der Waals surface area (Å²) in [6.45, 7) is 0.211. The van der Waals surface area contributed by atoms with Crippen molar-refractivity contribution in [3.63, 3.8) is 0 Å². The second kappa shape index (κ2) is 5.01. The molecule has 0 spiro atoms. The lowest BCUT2D eigenvalue weighted by Crippen LogP contribution is -1.98. The van der Waals surface area contributed by atoms with Crippen LogP contribution in [0.3, 0.4) is 0 Å². The summed E-state index contributed by atoms with van der Waals surface area (Å²) < 4.78 is 5.05. The third-order valence-electron chi connectivity index (χ3n) is 3.63. The van der Waals surface area contributed by atoms with E-state index in [1.807, 2.05) is 6.07 Å². The third-order valence-corrected chi connectivity index (χ3v) is 3.63. The Hall–Kier alpha value is -1.88. The van der Waals surface area contributed by atoms with Crippen molar-refractivity contribution in [2.45, 2.75) is 38.6 Å². The second-order valence-electron chi connectivity index (χ2n) is 4.87. The van der Waals surface area contributed by atoms with E-state index in [1.54, 1.807) is 6.07 Å². The van der Waals surface area contributed by atoms with Gasteiger partial charge in [-0.05, 0) is 42.9 Å². The molecule has 1 heterocycles. The van der Waals surface area contributed by atoms with E-state index in [9.17, 15) is 5.11 Å². The molecular weight excluding hydrogens is 242 g/mol. The van der Waals surface area contributed by atoms with Gasteiger partial charge >= 0.3 is 0 Å². The molecule has 3 rings (SSSR count). The topological polar surface area (TPSA) is 85.2 Å². The maximum atomic E-state index is 10.1. The van der Waals surface area contributed by atoms with Crippen LogP contribution in [0.15, 0.2) is 16.7 Å². The molecule has 0 saturated heterocycles. The molecule has 0 unspecified atom stereocenters. The van der Waals surface area contributed by atoms with Gasteiger partial charge in [0.2, 0.25) is 11.7 Å². The van der Waals surface area contributed by atoms with Crippen LogP contribution in [-0.4, -0.2) is 15.2 Å². The zero-order valence-corrected chi connectivity index (χ0v) is 10.7. The van der Waals surface area contributed by atoms with Crippen LogP contribution in [-0.2, 0) is 19.4 Å². The molecule has 3 N–H and O–H groups in total. The Balaban J connectivity index is 2.13. The highest BCUT2D eigenvalue weighted by molar-refractivity contribution is 5.69. The molecular formula is C14H17N3O2. The highest BCUT2D eigenvalue weighted by Crippen LogP contribution is 2.36. The van der Waals surface area contributed by atoms with Gasteiger partial charge in [-0.2, -0.15) is 4.98 Å². The lowest BCUT2D eigenvalue weighted by molar-refractivity contribution is 0.380. The fourth-order valence-electron chi connectivity index (χ4n) is 2.68. The fourth-order valence-corrected chi connectivity index (χ4v) is 2.68. The van der Waals surface area contributed by atoms with E-state index in [4.69, 9.17) is 10.3 Å². The van der Waals surface area contributed by atoms with Crippen LogP contribution >= 0.6 is 0 Å². The minimum absolute atomic E-state index is 0.211. The molecule has 1 aliphatic rings. The Kier molecular flexibility index (Phi) is 3.21. The van der Waals surface area contributed by atoms with Crippen molar-refractivity contribution < 1.29 is 9.63 Å². The summed E-state index contributed by atoms with van der Waals surface area (Å²) in [5.41, 5.74) is 8.63. The summed E-state index contributed by atoms with van der Waals surface area (Å²) >= 11 is 0. The van der Waals surface area contributed by atoms with E-state index in [-0.39, 0.29) is 12.3 Å². The predicted octanol–water partition coefficient (Wildman–Crippen LogP) is 2.17. The number of phenolic OH excluding ortho intramolecular Hbond substituents is 1. The average molecular weight is 259 g/mol. The number of nitrogens with two attached hydrogens (primary N) is 1. The molecule has 5 nitrogen and oxygen atoms in total. The Morgan fingerprint density at radius 3 is 2.84 bits per heavy atom. The molecule has 0 aliphatic heterocycles. The number of phenols is 1. The number of rotatable bonds is 2. The molecule has 19 heavy (non-hydrogen) atoms. The molecule has 0 radical (unpaired) electrons. The Morgan fingerprint density at radius 1 is 1.21 bits per heavy atom. The minimum Gasteiger partial charge on any atom is -0.507 e. The Labute approximate surface area is 111 Å². The molecule has 1 aromatic heterocycles. The Bertz CT molecular complexity index is 592. The molecule has 1 aliphatic carbocycles. The van der Waals surface area contributed by atoms with Crippen molar-refractivity contribution in [1.29, 1.82) is 0 Å². The maximum Gasteiger partial charge on any atom is 0.240 e. The van der Waals surface area contributed by atoms with Crippen molar-refractivity contribution in [2.24, 2.45) is 5.73 Å². The van der Waals surface area contributed by atoms with Crippen LogP contribution in [0, 0.1) is 0 Å². The molecule has 5 heteroatoms. The van der Waals surface area contributed by atoms with Crippen LogP contribution in [0.25, 0.3) is 11.4 Å². The summed E-state index contributed by atoms with van der Waals surface area (Å²) in [4.78, 5) is 4.24. The summed E-state index contributed by atoms with van der Waals surface area (Å²) in [7, 11) is 0. The van der Waals surface area contributed by atoms with E-state index in [1.165, 1.54) is 18.4 Å². The van der Waals surface area contributed by atoms with Crippen molar-refractivity contribution in [3.8, 4) is 17.1 Å². The van der Waals surface area contributed by atoms with Crippen LogP contribution < -0.4 is 5.73 Å². The van der Waals surface area contributed by atoms with Crippen LogP contribution in [0.1, 0.15) is 36.3 Å². The van der Waals surface area contributed by atoms with Gasteiger partial charge in [-0.1, -0.05) is 17.6 Å². The Morgan fingerprint density at radius 2 is 2.05 bits per heavy atom. The molecule has 0 fully saturated rings. The van der Waals surface area contributed by atoms with E-state index >= 15 is 0 Å². The predicted molar refractivity (Wildman–Crippen MR) is 70.5 cm³/mol. The lowest BCUT2D eigenvalue weighted by atomic mass is 9.96. The molecule has 0 saturated carbocycles. The molecule has 0 atom stereocenters. The van der Waals surface area contributed by atoms with Gasteiger partial charge in [0.1, 0.15) is 5.75 Å². The number of aromatic nitrogens is 2. The molecule has 2 aromatic rings. The number of aromatic hydroxyl groups is 1. The van der Waals surface area contributed by atoms with Crippen molar-refractivity contribution in [3.05, 3.63) is 29.2 Å². The van der Waals surface area contributed by atoms with Gasteiger partial charge in [-0.25, -0.2) is 0 Å². The van der Waals surface area contributed by atoms with Gasteiger partial charge in [0.25, 0.3) is 0 Å². The van der Waals surface area contributed by atoms with Gasteiger partial charge in [-0.15, -0.1) is 0 Å². The smallest absolute Gasteiger partial charge is 0.240 e. The molecule has 1 aromatic carbocycles. The van der Waals surface area contributed by atoms with Gasteiger partial charge in [0.15, 0.2) is 0 Å². The first-order valence-corrected chi connectivity index (χ1v) is 6.66. The quantitative estimate of drug-likeness (QED) is 0.807. The van der Waals surface area contributed by atoms with Gasteiger partial charge < -0.3 is 15.4 Å². The summed E-state index contributed by atoms with van der Waals surface area (Å²) in [5, 5.41) is 14.1. The summed E-state index contributed by atoms with van der Waals surface area (Å²) in [5.74, 6) is 1.04. The number of nitrogens with zero attached hydrogens (tertiary/aromatic N) is 2. The number of aryl methyl sites for hydroxylation is 1. The van der Waals surface area contributed by atoms with E-state index in [0.717, 1.165) is 24.8 Å². The lowest BCUT2D eigenvalue weighted by Gasteiger charge is -2.11. The third kappa shape index (κ3) is 2.21. The number of benzene rings is 1. The van der Waals surface area contributed by atoms with Gasteiger partial charge in [-0.3, -0.25) is 0 Å². The molecule has 100 valence electrons. The minimum atomic E-state index is 0.211. The maximum absolute atomic E-state index is 10.1. The van der Waals surface area contributed by atoms with E-state index in [2.05, 4.69) is 10.1 Å². The summed E-state index contributed by atoms with van der Waals surface area (Å²) in [6, 6.07) is 3.72. The molecule has 0 amide bonds. The largest absolute Gasteiger partial charge is 0.507 e. The van der Waals surface area contributed by atoms with Crippen molar-refractivity contribution >= 4 is 0 Å². The number of fused-ring (bicyclic) bond motifs is 1. The van der Waals surface area contributed by atoms with Crippen LogP contribution in [0.5, 0.6) is 5.75 Å². The summed E-state index contributed by atoms with van der Waals surface area (Å²) in [6.07, 6.45) is 5.54. The first kappa shape index (κ1) is 12.2. The highest BCUT2D eigenvalue weighted by atomic mass is 16.5. The van der Waals surface area contributed by atoms with Gasteiger partial charge in [0.05, 0.1) is 12.1 Å². The number of hydrogen-bond donors (Lipinski definition) is 2. The van der Waals surface area contributed by atoms with E-state index in [0.29, 0.717) is 17.3 Å². The van der Waals surface area contributed by atoms with Crippen molar-refractivity contribution in [2.75, 3.05) is 0 Å². The zero-order valence-electron chi connectivity index (χ0n) is 10.7. The van der Waals surface area contributed by atoms with Crippen LogP contribution in [0.4, 0.5) is 0 Å². The fraction of sp³-hybridized carbons (Fsp3) is 0.429. The standard InChI is InChI=1S/C14H17N3O2/c15-8-12-16-14(17-19-12)13-10-5-3-1-2-4-9(10)6-7-11(13)18/h6-7,18H,1-5,8,15H2. The monoisotopic (exact) mass is 259 g/mol. The SMILES string of the molecule is NCc1nc(-c2c(O)ccc3c2CCCCC3)no1.